The van der Waals surface area contributed by atoms with Gasteiger partial charge in [0.1, 0.15) is 0 Å². The van der Waals surface area contributed by atoms with Crippen LogP contribution in [0.2, 0.25) is 0 Å². The van der Waals surface area contributed by atoms with Crippen LogP contribution >= 0.6 is 11.3 Å². The topological polar surface area (TPSA) is 62.3 Å². The van der Waals surface area contributed by atoms with Crippen LogP contribution in [0.25, 0.3) is 0 Å². The molecule has 2 unspecified atom stereocenters. The monoisotopic (exact) mass is 445 g/mol. The Kier molecular flexibility index (Phi) is 5.03. The van der Waals surface area contributed by atoms with Gasteiger partial charge in [-0.25, -0.2) is 9.37 Å². The van der Waals surface area contributed by atoms with Gasteiger partial charge in [-0.3, -0.25) is 9.59 Å². The van der Waals surface area contributed by atoms with Gasteiger partial charge < -0.3 is 10.2 Å². The predicted octanol–water partition coefficient (Wildman–Crippen LogP) is 4.31. The Balaban J connectivity index is 1.36. The number of carbonyl (C=O) groups is 2. The number of rotatable bonds is 3. The largest absolute Gasteiger partial charge is 0.350 e. The van der Waals surface area contributed by atoms with Gasteiger partial charge in [-0.2, -0.15) is 0 Å². The fourth-order valence-electron chi connectivity index (χ4n) is 7.89. The van der Waals surface area contributed by atoms with E-state index in [1.807, 2.05) is 5.38 Å². The first kappa shape index (κ1) is 21.1. The van der Waals surface area contributed by atoms with Crippen molar-refractivity contribution in [3.63, 3.8) is 0 Å². The van der Waals surface area contributed by atoms with Crippen LogP contribution in [-0.2, 0) is 16.1 Å². The summed E-state index contributed by atoms with van der Waals surface area (Å²) in [6, 6.07) is 0.0729. The second kappa shape index (κ2) is 7.39. The molecule has 31 heavy (non-hydrogen) atoms. The lowest BCUT2D eigenvalue weighted by Gasteiger charge is -2.60. The number of aromatic nitrogens is 1. The second-order valence-corrected chi connectivity index (χ2v) is 11.3. The molecule has 3 fully saturated rings. The number of likely N-dealkylation sites (N-methyl/N-ethyl adjacent to an activating group) is 1. The van der Waals surface area contributed by atoms with Crippen LogP contribution in [0.15, 0.2) is 22.8 Å². The maximum absolute atomic E-state index is 14.5. The average molecular weight is 446 g/mol. The summed E-state index contributed by atoms with van der Waals surface area (Å²) in [4.78, 5) is 31.3. The van der Waals surface area contributed by atoms with Gasteiger partial charge in [0.05, 0.1) is 17.7 Å². The fourth-order valence-corrected chi connectivity index (χ4v) is 8.44. The molecule has 4 aliphatic rings. The standard InChI is InChI=1S/C24H32FN3O2S/c1-23-9-8-17-15(4-7-20-24(17,2)10-19(25)22(30)28(20)3)16(23)5-6-18(23)21(29)26-11-14-12-31-13-27-14/h10,12-13,15-18,20H,4-9,11H2,1-3H3,(H,26,29)/t15?,16-,17?,18+,20+,23-,24+/m0/s1. The summed E-state index contributed by atoms with van der Waals surface area (Å²) < 4.78 is 14.5. The van der Waals surface area contributed by atoms with Crippen LogP contribution in [-0.4, -0.2) is 34.8 Å². The van der Waals surface area contributed by atoms with E-state index in [0.717, 1.165) is 44.2 Å². The highest BCUT2D eigenvalue weighted by Gasteiger charge is 2.62. The zero-order valence-electron chi connectivity index (χ0n) is 18.6. The highest BCUT2D eigenvalue weighted by atomic mass is 32.1. The van der Waals surface area contributed by atoms with Gasteiger partial charge in [0.25, 0.3) is 5.91 Å². The fraction of sp³-hybridized carbons (Fsp3) is 0.708. The van der Waals surface area contributed by atoms with Gasteiger partial charge in [-0.1, -0.05) is 13.8 Å². The van der Waals surface area contributed by atoms with E-state index in [2.05, 4.69) is 24.1 Å². The van der Waals surface area contributed by atoms with Gasteiger partial charge in [0.15, 0.2) is 5.83 Å². The molecule has 1 aromatic rings. The van der Waals surface area contributed by atoms with Gasteiger partial charge in [-0.15, -0.1) is 11.3 Å². The van der Waals surface area contributed by atoms with Crippen LogP contribution in [0, 0.1) is 34.5 Å². The molecule has 168 valence electrons. The minimum Gasteiger partial charge on any atom is -0.350 e. The number of fused-ring (bicyclic) bond motifs is 5. The Hall–Kier alpha value is -1.76. The molecule has 0 radical (unpaired) electrons. The lowest BCUT2D eigenvalue weighted by Crippen LogP contribution is -2.60. The summed E-state index contributed by atoms with van der Waals surface area (Å²) in [6.07, 6.45) is 7.59. The first-order valence-corrected chi connectivity index (χ1v) is 12.5. The summed E-state index contributed by atoms with van der Waals surface area (Å²) in [7, 11) is 1.75. The Morgan fingerprint density at radius 1 is 1.26 bits per heavy atom. The highest BCUT2D eigenvalue weighted by molar-refractivity contribution is 7.07. The summed E-state index contributed by atoms with van der Waals surface area (Å²) in [6.45, 7) is 4.97. The van der Waals surface area contributed by atoms with Crippen molar-refractivity contribution in [3.8, 4) is 0 Å². The van der Waals surface area contributed by atoms with E-state index in [0.29, 0.717) is 24.3 Å². The van der Waals surface area contributed by atoms with E-state index in [-0.39, 0.29) is 28.7 Å². The molecule has 0 saturated heterocycles. The number of amides is 2. The Labute approximate surface area is 187 Å². The smallest absolute Gasteiger partial charge is 0.282 e. The van der Waals surface area contributed by atoms with Crippen LogP contribution in [0.3, 0.4) is 0 Å². The molecule has 2 amide bonds. The maximum atomic E-state index is 14.5. The van der Waals surface area contributed by atoms with Crippen LogP contribution in [0.4, 0.5) is 4.39 Å². The molecule has 0 bridgehead atoms. The number of thiazole rings is 1. The summed E-state index contributed by atoms with van der Waals surface area (Å²) >= 11 is 1.54. The highest BCUT2D eigenvalue weighted by Crippen LogP contribution is 2.65. The first-order chi connectivity index (χ1) is 14.8. The molecule has 2 heterocycles. The number of halogens is 1. The zero-order valence-corrected chi connectivity index (χ0v) is 19.4. The van der Waals surface area contributed by atoms with Crippen molar-refractivity contribution in [2.75, 3.05) is 7.05 Å². The van der Waals surface area contributed by atoms with Crippen molar-refractivity contribution >= 4 is 23.2 Å². The maximum Gasteiger partial charge on any atom is 0.282 e. The third-order valence-electron chi connectivity index (χ3n) is 9.40. The van der Waals surface area contributed by atoms with E-state index in [1.165, 1.54) is 0 Å². The number of hydrogen-bond acceptors (Lipinski definition) is 4. The first-order valence-electron chi connectivity index (χ1n) is 11.6. The van der Waals surface area contributed by atoms with Gasteiger partial charge >= 0.3 is 0 Å². The lowest BCUT2D eigenvalue weighted by atomic mass is 9.47. The van der Waals surface area contributed by atoms with Crippen molar-refractivity contribution in [1.82, 2.24) is 15.2 Å². The Bertz CT molecular complexity index is 918. The molecule has 1 aromatic heterocycles. The zero-order chi connectivity index (χ0) is 22.0. The number of carbonyl (C=O) groups excluding carboxylic acids is 2. The predicted molar refractivity (Wildman–Crippen MR) is 118 cm³/mol. The van der Waals surface area contributed by atoms with E-state index >= 15 is 0 Å². The van der Waals surface area contributed by atoms with Crippen LogP contribution < -0.4 is 5.32 Å². The number of nitrogens with one attached hydrogen (secondary N) is 1. The molecule has 0 spiro atoms. The van der Waals surface area contributed by atoms with Crippen molar-refractivity contribution in [3.05, 3.63) is 28.5 Å². The number of hydrogen-bond donors (Lipinski definition) is 1. The average Bonchev–Trinajstić information content (AvgIpc) is 3.37. The van der Waals surface area contributed by atoms with Crippen molar-refractivity contribution in [2.45, 2.75) is 65.0 Å². The second-order valence-electron chi connectivity index (χ2n) is 10.6. The summed E-state index contributed by atoms with van der Waals surface area (Å²) in [5.41, 5.74) is 2.38. The third kappa shape index (κ3) is 3.10. The molecule has 7 atom stereocenters. The Morgan fingerprint density at radius 2 is 2.06 bits per heavy atom. The van der Waals surface area contributed by atoms with Crippen molar-refractivity contribution in [1.29, 1.82) is 0 Å². The van der Waals surface area contributed by atoms with Crippen LogP contribution in [0.5, 0.6) is 0 Å². The van der Waals surface area contributed by atoms with Crippen molar-refractivity contribution < 1.29 is 14.0 Å². The third-order valence-corrected chi connectivity index (χ3v) is 10.0. The van der Waals surface area contributed by atoms with E-state index in [4.69, 9.17) is 0 Å². The molecule has 1 N–H and O–H groups in total. The molecule has 1 aliphatic heterocycles. The number of nitrogens with zero attached hydrogens (tertiary/aromatic N) is 2. The van der Waals surface area contributed by atoms with E-state index in [9.17, 15) is 14.0 Å². The molecular formula is C24H32FN3O2S. The van der Waals surface area contributed by atoms with E-state index in [1.54, 1.807) is 34.9 Å². The minimum absolute atomic E-state index is 0.00479. The molecule has 5 rings (SSSR count). The molecule has 5 nitrogen and oxygen atoms in total. The SMILES string of the molecule is CN1C(=O)C(F)=C[C@]2(C)C3CC[C@]4(C)[C@@H](C(=O)NCc5cscn5)CC[C@H]4C3CC[C@@H]12. The Morgan fingerprint density at radius 3 is 2.81 bits per heavy atom. The quantitative estimate of drug-likeness (QED) is 0.754. The van der Waals surface area contributed by atoms with Gasteiger partial charge in [0.2, 0.25) is 5.91 Å². The molecule has 0 aromatic carbocycles. The minimum atomic E-state index is -0.596. The van der Waals surface area contributed by atoms with Gasteiger partial charge in [-0.05, 0) is 67.8 Å². The van der Waals surface area contributed by atoms with Crippen molar-refractivity contribution in [2.24, 2.45) is 34.5 Å². The van der Waals surface area contributed by atoms with Gasteiger partial charge in [0, 0.05) is 29.8 Å². The molecule has 3 saturated carbocycles. The summed E-state index contributed by atoms with van der Waals surface area (Å²) in [5.74, 6) is 0.457. The molecule has 3 aliphatic carbocycles. The van der Waals surface area contributed by atoms with E-state index < -0.39 is 11.7 Å². The summed E-state index contributed by atoms with van der Waals surface area (Å²) in [5, 5.41) is 5.10. The normalized spacial score (nSPS) is 41.8. The lowest BCUT2D eigenvalue weighted by molar-refractivity contribution is -0.145. The van der Waals surface area contributed by atoms with Crippen LogP contribution in [0.1, 0.15) is 58.1 Å². The molecular weight excluding hydrogens is 413 g/mol. The molecule has 7 heteroatoms.